The first-order valence-electron chi connectivity index (χ1n) is 10.4. The van der Waals surface area contributed by atoms with Crippen LogP contribution < -0.4 is 10.0 Å². The minimum absolute atomic E-state index is 0.0389. The molecule has 0 radical (unpaired) electrons. The molecule has 3 aromatic carbocycles. The lowest BCUT2D eigenvalue weighted by Gasteiger charge is -2.17. The molecule has 33 heavy (non-hydrogen) atoms. The highest BCUT2D eigenvalue weighted by molar-refractivity contribution is 7.92. The zero-order valence-electron chi connectivity index (χ0n) is 19.0. The molecule has 0 unspecified atom stereocenters. The van der Waals surface area contributed by atoms with Gasteiger partial charge in [0.1, 0.15) is 0 Å². The summed E-state index contributed by atoms with van der Waals surface area (Å²) in [6, 6.07) is 18.3. The zero-order valence-corrected chi connectivity index (χ0v) is 19.9. The van der Waals surface area contributed by atoms with E-state index in [0.29, 0.717) is 11.4 Å². The Morgan fingerprint density at radius 1 is 0.818 bits per heavy atom. The summed E-state index contributed by atoms with van der Waals surface area (Å²) in [6.45, 7) is 5.67. The SMILES string of the molecule is Cc1ccc(NC(=O)CN(C)C(=O)c2ccc(S(=O)(=O)Nc3ccc(C)c(C)c3)cc2)cc1. The van der Waals surface area contributed by atoms with Crippen LogP contribution >= 0.6 is 0 Å². The van der Waals surface area contributed by atoms with E-state index in [9.17, 15) is 18.0 Å². The molecule has 0 aliphatic heterocycles. The van der Waals surface area contributed by atoms with Crippen LogP contribution in [-0.2, 0) is 14.8 Å². The van der Waals surface area contributed by atoms with Gasteiger partial charge in [-0.1, -0.05) is 23.8 Å². The average Bonchev–Trinajstić information content (AvgIpc) is 2.77. The van der Waals surface area contributed by atoms with Crippen LogP contribution in [0.2, 0.25) is 0 Å². The molecule has 0 bridgehead atoms. The second-order valence-electron chi connectivity index (χ2n) is 8.00. The molecule has 8 heteroatoms. The fourth-order valence-corrected chi connectivity index (χ4v) is 4.19. The van der Waals surface area contributed by atoms with Crippen LogP contribution in [0.15, 0.2) is 71.6 Å². The molecule has 0 aliphatic carbocycles. The maximum Gasteiger partial charge on any atom is 0.261 e. The lowest BCUT2D eigenvalue weighted by Crippen LogP contribution is -2.34. The van der Waals surface area contributed by atoms with Crippen molar-refractivity contribution in [2.45, 2.75) is 25.7 Å². The number of sulfonamides is 1. The number of hydrogen-bond acceptors (Lipinski definition) is 4. The maximum atomic E-state index is 12.7. The number of benzene rings is 3. The van der Waals surface area contributed by atoms with Gasteiger partial charge in [0.25, 0.3) is 15.9 Å². The minimum Gasteiger partial charge on any atom is -0.332 e. The predicted octanol–water partition coefficient (Wildman–Crippen LogP) is 4.12. The van der Waals surface area contributed by atoms with Gasteiger partial charge in [0.2, 0.25) is 5.91 Å². The fraction of sp³-hybridized carbons (Fsp3) is 0.200. The van der Waals surface area contributed by atoms with Crippen molar-refractivity contribution in [2.75, 3.05) is 23.6 Å². The molecule has 0 heterocycles. The summed E-state index contributed by atoms with van der Waals surface area (Å²) in [5.41, 5.74) is 4.53. The van der Waals surface area contributed by atoms with Gasteiger partial charge in [-0.2, -0.15) is 0 Å². The van der Waals surface area contributed by atoms with Crippen LogP contribution in [0, 0.1) is 20.8 Å². The lowest BCUT2D eigenvalue weighted by atomic mass is 10.1. The Morgan fingerprint density at radius 3 is 2.03 bits per heavy atom. The highest BCUT2D eigenvalue weighted by Gasteiger charge is 2.18. The molecular weight excluding hydrogens is 438 g/mol. The average molecular weight is 466 g/mol. The molecule has 0 saturated heterocycles. The quantitative estimate of drug-likeness (QED) is 0.549. The van der Waals surface area contributed by atoms with Gasteiger partial charge in [-0.3, -0.25) is 14.3 Å². The second-order valence-corrected chi connectivity index (χ2v) is 9.69. The molecule has 0 saturated carbocycles. The van der Waals surface area contributed by atoms with Gasteiger partial charge in [0.05, 0.1) is 11.4 Å². The zero-order chi connectivity index (χ0) is 24.2. The van der Waals surface area contributed by atoms with Crippen molar-refractivity contribution in [1.82, 2.24) is 4.90 Å². The highest BCUT2D eigenvalue weighted by atomic mass is 32.2. The van der Waals surface area contributed by atoms with Crippen LogP contribution in [0.3, 0.4) is 0 Å². The van der Waals surface area contributed by atoms with E-state index in [1.54, 1.807) is 24.3 Å². The summed E-state index contributed by atoms with van der Waals surface area (Å²) < 4.78 is 27.9. The number of nitrogens with zero attached hydrogens (tertiary/aromatic N) is 1. The largest absolute Gasteiger partial charge is 0.332 e. The highest BCUT2D eigenvalue weighted by Crippen LogP contribution is 2.20. The molecule has 2 N–H and O–H groups in total. The molecule has 3 aromatic rings. The monoisotopic (exact) mass is 465 g/mol. The molecule has 3 rings (SSSR count). The van der Waals surface area contributed by atoms with Crippen molar-refractivity contribution < 1.29 is 18.0 Å². The number of likely N-dealkylation sites (N-methyl/N-ethyl adjacent to an activating group) is 1. The number of amides is 2. The number of hydrogen-bond donors (Lipinski definition) is 2. The van der Waals surface area contributed by atoms with Crippen molar-refractivity contribution in [1.29, 1.82) is 0 Å². The van der Waals surface area contributed by atoms with Gasteiger partial charge in [0.15, 0.2) is 0 Å². The molecule has 0 fully saturated rings. The summed E-state index contributed by atoms with van der Waals surface area (Å²) in [5.74, 6) is -0.716. The Hall–Kier alpha value is -3.65. The summed E-state index contributed by atoms with van der Waals surface area (Å²) in [6.07, 6.45) is 0. The van der Waals surface area contributed by atoms with Crippen molar-refractivity contribution >= 4 is 33.2 Å². The Kier molecular flexibility index (Phi) is 7.18. The van der Waals surface area contributed by atoms with Crippen molar-refractivity contribution in [3.8, 4) is 0 Å². The Balaban J connectivity index is 1.64. The number of aryl methyl sites for hydroxylation is 3. The third kappa shape index (κ3) is 6.20. The van der Waals surface area contributed by atoms with Gasteiger partial charge in [0, 0.05) is 24.0 Å². The van der Waals surface area contributed by atoms with Crippen molar-refractivity contribution in [3.63, 3.8) is 0 Å². The minimum atomic E-state index is -3.80. The molecule has 0 aliphatic rings. The molecule has 7 nitrogen and oxygen atoms in total. The number of rotatable bonds is 7. The van der Waals surface area contributed by atoms with Gasteiger partial charge in [-0.05, 0) is 80.4 Å². The maximum absolute atomic E-state index is 12.7. The number of carbonyl (C=O) groups is 2. The molecule has 0 aromatic heterocycles. The Morgan fingerprint density at radius 2 is 1.42 bits per heavy atom. The van der Waals surface area contributed by atoms with Crippen LogP contribution in [0.25, 0.3) is 0 Å². The summed E-state index contributed by atoms with van der Waals surface area (Å²) in [7, 11) is -2.28. The van der Waals surface area contributed by atoms with Gasteiger partial charge in [-0.25, -0.2) is 8.42 Å². The van der Waals surface area contributed by atoms with Crippen molar-refractivity contribution in [3.05, 3.63) is 89.0 Å². The van der Waals surface area contributed by atoms with Crippen LogP contribution in [0.5, 0.6) is 0 Å². The van der Waals surface area contributed by atoms with E-state index in [1.165, 1.54) is 36.2 Å². The Labute approximate surface area is 194 Å². The van der Waals surface area contributed by atoms with E-state index in [2.05, 4.69) is 10.0 Å². The molecule has 2 amide bonds. The third-order valence-electron chi connectivity index (χ3n) is 5.23. The van der Waals surface area contributed by atoms with E-state index in [0.717, 1.165) is 16.7 Å². The topological polar surface area (TPSA) is 95.6 Å². The fourth-order valence-electron chi connectivity index (χ4n) is 3.14. The van der Waals surface area contributed by atoms with E-state index >= 15 is 0 Å². The predicted molar refractivity (Wildman–Crippen MR) is 130 cm³/mol. The summed E-state index contributed by atoms with van der Waals surface area (Å²) in [5, 5.41) is 2.75. The summed E-state index contributed by atoms with van der Waals surface area (Å²) >= 11 is 0. The molecular formula is C25H27N3O4S. The van der Waals surface area contributed by atoms with Crippen LogP contribution in [0.1, 0.15) is 27.0 Å². The standard InChI is InChI=1S/C25H27N3O4S/c1-17-5-10-21(11-6-17)26-24(29)16-28(4)25(30)20-8-13-23(14-9-20)33(31,32)27-22-12-7-18(2)19(3)15-22/h5-15,27H,16H2,1-4H3,(H,26,29). The number of carbonyl (C=O) groups excluding carboxylic acids is 2. The van der Waals surface area contributed by atoms with Gasteiger partial charge >= 0.3 is 0 Å². The number of anilines is 2. The first-order chi connectivity index (χ1) is 15.5. The smallest absolute Gasteiger partial charge is 0.261 e. The van der Waals surface area contributed by atoms with Crippen molar-refractivity contribution in [2.24, 2.45) is 0 Å². The van der Waals surface area contributed by atoms with Gasteiger partial charge < -0.3 is 10.2 Å². The van der Waals surface area contributed by atoms with Crippen LogP contribution in [-0.4, -0.2) is 38.7 Å². The van der Waals surface area contributed by atoms with E-state index in [1.807, 2.05) is 39.0 Å². The van der Waals surface area contributed by atoms with E-state index in [4.69, 9.17) is 0 Å². The van der Waals surface area contributed by atoms with E-state index in [-0.39, 0.29) is 28.8 Å². The van der Waals surface area contributed by atoms with Gasteiger partial charge in [-0.15, -0.1) is 0 Å². The normalized spacial score (nSPS) is 11.0. The molecule has 0 atom stereocenters. The first kappa shape index (κ1) is 24.0. The van der Waals surface area contributed by atoms with Crippen LogP contribution in [0.4, 0.5) is 11.4 Å². The number of nitrogens with one attached hydrogen (secondary N) is 2. The molecule has 0 spiro atoms. The third-order valence-corrected chi connectivity index (χ3v) is 6.63. The Bertz CT molecular complexity index is 1270. The first-order valence-corrected chi connectivity index (χ1v) is 11.9. The summed E-state index contributed by atoms with van der Waals surface area (Å²) in [4.78, 5) is 26.3. The van der Waals surface area contributed by atoms with E-state index < -0.39 is 10.0 Å². The molecule has 172 valence electrons. The second kappa shape index (κ2) is 9.87. The lowest BCUT2D eigenvalue weighted by molar-refractivity contribution is -0.116.